The molecule has 0 radical (unpaired) electrons. The summed E-state index contributed by atoms with van der Waals surface area (Å²) in [6.07, 6.45) is 3.45. The monoisotopic (exact) mass is 357 g/mol. The Balaban J connectivity index is 1.93. The van der Waals surface area contributed by atoms with Crippen molar-refractivity contribution in [2.75, 3.05) is 24.3 Å². The van der Waals surface area contributed by atoms with Crippen molar-refractivity contribution in [3.05, 3.63) is 52.8 Å². The number of benzene rings is 1. The summed E-state index contributed by atoms with van der Waals surface area (Å²) in [5.74, 6) is 1.54. The highest BCUT2D eigenvalue weighted by Crippen LogP contribution is 2.22. The van der Waals surface area contributed by atoms with E-state index >= 15 is 0 Å². The molecule has 0 unspecified atom stereocenters. The van der Waals surface area contributed by atoms with Gasteiger partial charge in [-0.3, -0.25) is 0 Å². The highest BCUT2D eigenvalue weighted by Gasteiger charge is 2.07. The van der Waals surface area contributed by atoms with Crippen molar-refractivity contribution in [2.24, 2.45) is 0 Å². The topological polar surface area (TPSA) is 53.9 Å². The van der Waals surface area contributed by atoms with Gasteiger partial charge in [-0.2, -0.15) is 0 Å². The minimum Gasteiger partial charge on any atom is -0.363 e. The SMILES string of the molecule is CN(C)c1cc(CNc2ncc(Br)cn2)c2ccccc2n1. The average molecular weight is 358 g/mol. The van der Waals surface area contributed by atoms with E-state index in [4.69, 9.17) is 0 Å². The van der Waals surface area contributed by atoms with Gasteiger partial charge in [0, 0.05) is 38.4 Å². The molecule has 0 aliphatic carbocycles. The highest BCUT2D eigenvalue weighted by atomic mass is 79.9. The van der Waals surface area contributed by atoms with Gasteiger partial charge in [0.1, 0.15) is 5.82 Å². The number of para-hydroxylation sites is 1. The lowest BCUT2D eigenvalue weighted by molar-refractivity contribution is 1.04. The van der Waals surface area contributed by atoms with Crippen LogP contribution in [0, 0.1) is 0 Å². The molecule has 0 aliphatic heterocycles. The van der Waals surface area contributed by atoms with Crippen LogP contribution >= 0.6 is 15.9 Å². The summed E-state index contributed by atoms with van der Waals surface area (Å²) in [4.78, 5) is 15.1. The molecule has 3 aromatic rings. The normalized spacial score (nSPS) is 10.7. The van der Waals surface area contributed by atoms with Crippen molar-refractivity contribution in [3.8, 4) is 0 Å². The zero-order chi connectivity index (χ0) is 15.5. The molecule has 0 fully saturated rings. The van der Waals surface area contributed by atoms with E-state index in [9.17, 15) is 0 Å². The minimum atomic E-state index is 0.607. The number of aromatic nitrogens is 3. The van der Waals surface area contributed by atoms with Gasteiger partial charge in [0.15, 0.2) is 0 Å². The van der Waals surface area contributed by atoms with Crippen LogP contribution in [0.1, 0.15) is 5.56 Å². The molecule has 0 spiro atoms. The fourth-order valence-electron chi connectivity index (χ4n) is 2.19. The van der Waals surface area contributed by atoms with E-state index in [0.29, 0.717) is 12.5 Å². The molecule has 1 aromatic carbocycles. The van der Waals surface area contributed by atoms with Gasteiger partial charge >= 0.3 is 0 Å². The smallest absolute Gasteiger partial charge is 0.222 e. The van der Waals surface area contributed by atoms with E-state index in [1.54, 1.807) is 12.4 Å². The van der Waals surface area contributed by atoms with Crippen LogP contribution in [0.25, 0.3) is 10.9 Å². The molecular formula is C16H16BrN5. The quantitative estimate of drug-likeness (QED) is 0.774. The van der Waals surface area contributed by atoms with Gasteiger partial charge in [-0.1, -0.05) is 18.2 Å². The number of pyridine rings is 1. The van der Waals surface area contributed by atoms with Gasteiger partial charge in [-0.05, 0) is 33.6 Å². The summed E-state index contributed by atoms with van der Waals surface area (Å²) in [6.45, 7) is 0.644. The largest absolute Gasteiger partial charge is 0.363 e. The van der Waals surface area contributed by atoms with Crippen molar-refractivity contribution in [1.82, 2.24) is 15.0 Å². The number of nitrogens with zero attached hydrogens (tertiary/aromatic N) is 4. The molecule has 0 saturated carbocycles. The third kappa shape index (κ3) is 3.17. The number of rotatable bonds is 4. The molecule has 1 N–H and O–H groups in total. The fraction of sp³-hybridized carbons (Fsp3) is 0.188. The van der Waals surface area contributed by atoms with Gasteiger partial charge in [0.25, 0.3) is 0 Å². The van der Waals surface area contributed by atoms with Gasteiger partial charge < -0.3 is 10.2 Å². The van der Waals surface area contributed by atoms with Crippen molar-refractivity contribution in [2.45, 2.75) is 6.54 Å². The van der Waals surface area contributed by atoms with E-state index in [-0.39, 0.29) is 0 Å². The predicted molar refractivity (Wildman–Crippen MR) is 93.1 cm³/mol. The molecule has 0 aliphatic rings. The summed E-state index contributed by atoms with van der Waals surface area (Å²) in [7, 11) is 3.98. The standard InChI is InChI=1S/C16H16BrN5/c1-22(2)15-7-11(13-5-3-4-6-14(13)21-15)8-18-16-19-9-12(17)10-20-16/h3-7,9-10H,8H2,1-2H3,(H,18,19,20). The Morgan fingerprint density at radius 2 is 1.86 bits per heavy atom. The Hall–Kier alpha value is -2.21. The lowest BCUT2D eigenvalue weighted by Gasteiger charge is -2.15. The molecule has 0 saturated heterocycles. The first-order valence-electron chi connectivity index (χ1n) is 6.91. The number of anilines is 2. The lowest BCUT2D eigenvalue weighted by Crippen LogP contribution is -2.12. The Morgan fingerprint density at radius 1 is 1.14 bits per heavy atom. The summed E-state index contributed by atoms with van der Waals surface area (Å²) >= 11 is 3.33. The number of fused-ring (bicyclic) bond motifs is 1. The van der Waals surface area contributed by atoms with Crippen molar-refractivity contribution < 1.29 is 0 Å². The third-order valence-electron chi connectivity index (χ3n) is 3.30. The Bertz CT molecular complexity index is 786. The van der Waals surface area contributed by atoms with Crippen LogP contribution in [0.4, 0.5) is 11.8 Å². The summed E-state index contributed by atoms with van der Waals surface area (Å²) in [5.41, 5.74) is 2.16. The highest BCUT2D eigenvalue weighted by molar-refractivity contribution is 9.10. The molecule has 2 heterocycles. The van der Waals surface area contributed by atoms with Crippen LogP contribution < -0.4 is 10.2 Å². The third-order valence-corrected chi connectivity index (χ3v) is 3.71. The first kappa shape index (κ1) is 14.7. The Kier molecular flexibility index (Phi) is 4.20. The maximum Gasteiger partial charge on any atom is 0.222 e. The van der Waals surface area contributed by atoms with E-state index in [0.717, 1.165) is 21.2 Å². The Morgan fingerprint density at radius 3 is 2.59 bits per heavy atom. The molecule has 5 nitrogen and oxygen atoms in total. The summed E-state index contributed by atoms with van der Waals surface area (Å²) in [5, 5.41) is 4.39. The maximum absolute atomic E-state index is 4.66. The molecule has 6 heteroatoms. The van der Waals surface area contributed by atoms with Crippen LogP contribution in [-0.4, -0.2) is 29.0 Å². The second-order valence-corrected chi connectivity index (χ2v) is 6.05. The zero-order valence-electron chi connectivity index (χ0n) is 12.4. The van der Waals surface area contributed by atoms with Crippen LogP contribution in [0.15, 0.2) is 47.2 Å². The maximum atomic E-state index is 4.66. The number of hydrogen-bond donors (Lipinski definition) is 1. The van der Waals surface area contributed by atoms with Crippen LogP contribution in [-0.2, 0) is 6.54 Å². The molecule has 0 amide bonds. The number of halogens is 1. The Labute approximate surface area is 137 Å². The van der Waals surface area contributed by atoms with Gasteiger partial charge in [-0.25, -0.2) is 15.0 Å². The van der Waals surface area contributed by atoms with Gasteiger partial charge in [-0.15, -0.1) is 0 Å². The molecule has 0 bridgehead atoms. The fourth-order valence-corrected chi connectivity index (χ4v) is 2.39. The van der Waals surface area contributed by atoms with Crippen LogP contribution in [0.5, 0.6) is 0 Å². The molecule has 0 atom stereocenters. The van der Waals surface area contributed by atoms with Gasteiger partial charge in [0.2, 0.25) is 5.95 Å². The van der Waals surface area contributed by atoms with Crippen molar-refractivity contribution >= 4 is 38.6 Å². The lowest BCUT2D eigenvalue weighted by atomic mass is 10.1. The van der Waals surface area contributed by atoms with E-state index < -0.39 is 0 Å². The first-order chi connectivity index (χ1) is 10.6. The van der Waals surface area contributed by atoms with Crippen LogP contribution in [0.3, 0.4) is 0 Å². The molecule has 22 heavy (non-hydrogen) atoms. The first-order valence-corrected chi connectivity index (χ1v) is 7.70. The molecular weight excluding hydrogens is 342 g/mol. The number of nitrogens with one attached hydrogen (secondary N) is 1. The second-order valence-electron chi connectivity index (χ2n) is 5.13. The minimum absolute atomic E-state index is 0.607. The van der Waals surface area contributed by atoms with Gasteiger partial charge in [0.05, 0.1) is 9.99 Å². The molecule has 2 aromatic heterocycles. The van der Waals surface area contributed by atoms with Crippen molar-refractivity contribution in [1.29, 1.82) is 0 Å². The van der Waals surface area contributed by atoms with E-state index in [1.807, 2.05) is 37.2 Å². The van der Waals surface area contributed by atoms with Crippen molar-refractivity contribution in [3.63, 3.8) is 0 Å². The average Bonchev–Trinajstić information content (AvgIpc) is 2.53. The predicted octanol–water partition coefficient (Wildman–Crippen LogP) is 3.47. The van der Waals surface area contributed by atoms with E-state index in [1.165, 1.54) is 5.56 Å². The molecule has 112 valence electrons. The molecule has 3 rings (SSSR count). The summed E-state index contributed by atoms with van der Waals surface area (Å²) < 4.78 is 0.863. The zero-order valence-corrected chi connectivity index (χ0v) is 14.0. The van der Waals surface area contributed by atoms with E-state index in [2.05, 4.69) is 48.3 Å². The second kappa shape index (κ2) is 6.27. The van der Waals surface area contributed by atoms with Crippen LogP contribution in [0.2, 0.25) is 0 Å². The summed E-state index contributed by atoms with van der Waals surface area (Å²) in [6, 6.07) is 10.2. The number of hydrogen-bond acceptors (Lipinski definition) is 5.